The van der Waals surface area contributed by atoms with Crippen LogP contribution in [0.1, 0.15) is 0 Å². The fourth-order valence-corrected chi connectivity index (χ4v) is 1.38. The molecular formula is C14H12N2O8. The largest absolute Gasteiger partial charge is 0.508 e. The molecule has 24 heavy (non-hydrogen) atoms. The van der Waals surface area contributed by atoms with Crippen LogP contribution in [0.2, 0.25) is 0 Å². The zero-order valence-electron chi connectivity index (χ0n) is 12.1. The van der Waals surface area contributed by atoms with Crippen molar-refractivity contribution in [2.45, 2.75) is 0 Å². The Balaban J connectivity index is 0.000000254. The normalized spacial score (nSPS) is 9.33. The summed E-state index contributed by atoms with van der Waals surface area (Å²) in [7, 11) is 0. The highest BCUT2D eigenvalue weighted by Gasteiger charge is 2.05. The van der Waals surface area contributed by atoms with Gasteiger partial charge in [0.25, 0.3) is 11.4 Å². The van der Waals surface area contributed by atoms with Crippen LogP contribution in [-0.4, -0.2) is 32.6 Å². The van der Waals surface area contributed by atoms with Gasteiger partial charge in [0.15, 0.2) is 6.61 Å². The van der Waals surface area contributed by atoms with Gasteiger partial charge in [-0.15, -0.1) is 0 Å². The summed E-state index contributed by atoms with van der Waals surface area (Å²) in [5.74, 6) is -0.771. The molecule has 0 aromatic heterocycles. The number of aromatic hydroxyl groups is 1. The van der Waals surface area contributed by atoms with Crippen LogP contribution in [0.3, 0.4) is 0 Å². The summed E-state index contributed by atoms with van der Waals surface area (Å²) in [4.78, 5) is 29.3. The fourth-order valence-electron chi connectivity index (χ4n) is 1.38. The first-order valence-electron chi connectivity index (χ1n) is 6.32. The predicted octanol–water partition coefficient (Wildman–Crippen LogP) is 2.36. The van der Waals surface area contributed by atoms with Crippen LogP contribution in [0.15, 0.2) is 48.5 Å². The zero-order chi connectivity index (χ0) is 18.1. The highest BCUT2D eigenvalue weighted by molar-refractivity contribution is 5.68. The molecule has 0 saturated carbocycles. The molecule has 0 heterocycles. The molecule has 2 N–H and O–H groups in total. The molecule has 10 heteroatoms. The Bertz CT molecular complexity index is 713. The van der Waals surface area contributed by atoms with Gasteiger partial charge in [0.05, 0.1) is 9.85 Å². The molecule has 0 aliphatic carbocycles. The molecule has 0 fully saturated rings. The number of hydrogen-bond donors (Lipinski definition) is 2. The number of nitrogens with zero attached hydrogens (tertiary/aromatic N) is 2. The van der Waals surface area contributed by atoms with Gasteiger partial charge in [-0.2, -0.15) is 0 Å². The Morgan fingerprint density at radius 3 is 1.71 bits per heavy atom. The van der Waals surface area contributed by atoms with Crippen molar-refractivity contribution in [3.63, 3.8) is 0 Å². The van der Waals surface area contributed by atoms with E-state index in [-0.39, 0.29) is 22.9 Å². The van der Waals surface area contributed by atoms with Crippen LogP contribution >= 0.6 is 0 Å². The van der Waals surface area contributed by atoms with E-state index in [9.17, 15) is 25.0 Å². The second-order valence-electron chi connectivity index (χ2n) is 4.21. The summed E-state index contributed by atoms with van der Waals surface area (Å²) in [6.07, 6.45) is 0. The Kier molecular flexibility index (Phi) is 6.64. The third-order valence-electron chi connectivity index (χ3n) is 2.47. The van der Waals surface area contributed by atoms with Gasteiger partial charge < -0.3 is 14.9 Å². The Morgan fingerprint density at radius 1 is 0.917 bits per heavy atom. The van der Waals surface area contributed by atoms with Crippen LogP contribution in [0.4, 0.5) is 11.4 Å². The molecule has 0 aliphatic heterocycles. The maximum absolute atomic E-state index is 10.2. The molecule has 0 bridgehead atoms. The van der Waals surface area contributed by atoms with Gasteiger partial charge in [-0.05, 0) is 24.3 Å². The summed E-state index contributed by atoms with van der Waals surface area (Å²) in [6.45, 7) is -0.461. The molecule has 2 rings (SSSR count). The Morgan fingerprint density at radius 2 is 1.33 bits per heavy atom. The molecule has 0 spiro atoms. The monoisotopic (exact) mass is 336 g/mol. The van der Waals surface area contributed by atoms with Gasteiger partial charge in [0.2, 0.25) is 0 Å². The second kappa shape index (κ2) is 8.68. The van der Waals surface area contributed by atoms with Crippen LogP contribution < -0.4 is 4.74 Å². The van der Waals surface area contributed by atoms with E-state index in [0.29, 0.717) is 0 Å². The van der Waals surface area contributed by atoms with E-state index in [1.54, 1.807) is 0 Å². The standard InChI is InChI=1S/C8H7NO5.C6H5NO3/c10-8(11)5-14-7-3-1-6(2-4-7)9(12)13;8-6-3-1-5(2-4-6)7(9)10/h1-4H,5H2,(H,10,11);1-4,8H. The molecule has 0 aliphatic rings. The molecule has 0 unspecified atom stereocenters. The number of nitro groups is 2. The lowest BCUT2D eigenvalue weighted by molar-refractivity contribution is -0.385. The molecule has 0 saturated heterocycles. The van der Waals surface area contributed by atoms with Crippen molar-refractivity contribution in [1.82, 2.24) is 0 Å². The number of hydrogen-bond acceptors (Lipinski definition) is 7. The van der Waals surface area contributed by atoms with Crippen molar-refractivity contribution < 1.29 is 29.6 Å². The van der Waals surface area contributed by atoms with E-state index in [4.69, 9.17) is 14.9 Å². The molecule has 10 nitrogen and oxygen atoms in total. The molecule has 0 amide bonds. The van der Waals surface area contributed by atoms with Crippen LogP contribution in [0.5, 0.6) is 11.5 Å². The molecule has 2 aromatic carbocycles. The molecule has 2 aromatic rings. The highest BCUT2D eigenvalue weighted by Crippen LogP contribution is 2.17. The molecule has 0 atom stereocenters. The molecule has 0 radical (unpaired) electrons. The van der Waals surface area contributed by atoms with Crippen LogP contribution in [0.25, 0.3) is 0 Å². The van der Waals surface area contributed by atoms with Crippen LogP contribution in [-0.2, 0) is 4.79 Å². The number of nitro benzene ring substituents is 2. The van der Waals surface area contributed by atoms with Gasteiger partial charge in [-0.25, -0.2) is 4.79 Å². The van der Waals surface area contributed by atoms with E-state index >= 15 is 0 Å². The number of benzene rings is 2. The minimum absolute atomic E-state index is 0.0159. The zero-order valence-corrected chi connectivity index (χ0v) is 12.1. The van der Waals surface area contributed by atoms with Crippen molar-refractivity contribution in [1.29, 1.82) is 0 Å². The average molecular weight is 336 g/mol. The van der Waals surface area contributed by atoms with Crippen LogP contribution in [0, 0.1) is 20.2 Å². The summed E-state index contributed by atoms with van der Waals surface area (Å²) in [5, 5.41) is 37.3. The third kappa shape index (κ3) is 6.39. The second-order valence-corrected chi connectivity index (χ2v) is 4.21. The van der Waals surface area contributed by atoms with Crippen molar-refractivity contribution in [2.24, 2.45) is 0 Å². The first-order chi connectivity index (χ1) is 11.3. The number of carboxylic acids is 1. The summed E-state index contributed by atoms with van der Waals surface area (Å²) < 4.78 is 4.78. The quantitative estimate of drug-likeness (QED) is 0.623. The number of non-ortho nitro benzene ring substituents is 2. The number of aliphatic carboxylic acids is 1. The summed E-state index contributed by atoms with van der Waals surface area (Å²) in [6, 6.07) is 10.2. The lowest BCUT2D eigenvalue weighted by Crippen LogP contribution is -2.09. The number of phenolic OH excluding ortho intramolecular Hbond substituents is 1. The number of carboxylic acid groups (broad SMARTS) is 1. The van der Waals surface area contributed by atoms with Gasteiger partial charge in [0.1, 0.15) is 11.5 Å². The minimum Gasteiger partial charge on any atom is -0.508 e. The number of carbonyl (C=O) groups is 1. The Labute approximate surface area is 134 Å². The fraction of sp³-hybridized carbons (Fsp3) is 0.0714. The summed E-state index contributed by atoms with van der Waals surface area (Å²) >= 11 is 0. The smallest absolute Gasteiger partial charge is 0.341 e. The SMILES string of the molecule is O=C(O)COc1ccc([N+](=O)[O-])cc1.O=[N+]([O-])c1ccc(O)cc1. The van der Waals surface area contributed by atoms with Crippen molar-refractivity contribution in [3.05, 3.63) is 68.8 Å². The van der Waals surface area contributed by atoms with E-state index in [2.05, 4.69) is 0 Å². The van der Waals surface area contributed by atoms with E-state index in [1.807, 2.05) is 0 Å². The first kappa shape index (κ1) is 18.4. The predicted molar refractivity (Wildman–Crippen MR) is 81.0 cm³/mol. The van der Waals surface area contributed by atoms with E-state index < -0.39 is 22.4 Å². The highest BCUT2D eigenvalue weighted by atomic mass is 16.6. The van der Waals surface area contributed by atoms with E-state index in [0.717, 1.165) is 0 Å². The first-order valence-corrected chi connectivity index (χ1v) is 6.32. The Hall–Kier alpha value is -3.69. The lowest BCUT2D eigenvalue weighted by atomic mass is 10.3. The minimum atomic E-state index is -1.09. The van der Waals surface area contributed by atoms with E-state index in [1.165, 1.54) is 48.5 Å². The molecular weight excluding hydrogens is 324 g/mol. The van der Waals surface area contributed by atoms with Gasteiger partial charge in [-0.3, -0.25) is 20.2 Å². The third-order valence-corrected chi connectivity index (χ3v) is 2.47. The topological polar surface area (TPSA) is 153 Å². The van der Waals surface area contributed by atoms with Crippen molar-refractivity contribution >= 4 is 17.3 Å². The van der Waals surface area contributed by atoms with Gasteiger partial charge in [-0.1, -0.05) is 0 Å². The molecule has 126 valence electrons. The van der Waals surface area contributed by atoms with Crippen molar-refractivity contribution in [3.8, 4) is 11.5 Å². The van der Waals surface area contributed by atoms with Crippen molar-refractivity contribution in [2.75, 3.05) is 6.61 Å². The number of phenols is 1. The average Bonchev–Trinajstić information content (AvgIpc) is 2.54. The lowest BCUT2D eigenvalue weighted by Gasteiger charge is -2.01. The maximum Gasteiger partial charge on any atom is 0.341 e. The maximum atomic E-state index is 10.2. The van der Waals surface area contributed by atoms with Gasteiger partial charge in [0, 0.05) is 24.3 Å². The number of rotatable bonds is 5. The summed E-state index contributed by atoms with van der Waals surface area (Å²) in [5.41, 5.74) is -0.0783. The van der Waals surface area contributed by atoms with Gasteiger partial charge >= 0.3 is 5.97 Å². The number of ether oxygens (including phenoxy) is 1.